The minimum Gasteiger partial charge on any atom is -0.476 e. The maximum Gasteiger partial charge on any atom is 0.239 e. The number of nitrogens with zero attached hydrogens (tertiary/aromatic N) is 3. The number of aryl methyl sites for hydroxylation is 1. The third kappa shape index (κ3) is 3.20. The van der Waals surface area contributed by atoms with E-state index in [1.165, 1.54) is 0 Å². The normalized spacial score (nSPS) is 10.6. The molecular formula is C14H21N5O. The van der Waals surface area contributed by atoms with Gasteiger partial charge in [-0.15, -0.1) is 0 Å². The number of hydrogen-bond acceptors (Lipinski definition) is 5. The number of rotatable bonds is 6. The number of nitrogen functional groups attached to an aromatic ring is 1. The second-order valence-corrected chi connectivity index (χ2v) is 4.67. The number of nitrogens with one attached hydrogen (secondary N) is 1. The zero-order valence-corrected chi connectivity index (χ0v) is 12.2. The first-order valence-corrected chi connectivity index (χ1v) is 6.72. The number of hydrogen-bond donors (Lipinski definition) is 2. The van der Waals surface area contributed by atoms with Crippen molar-refractivity contribution >= 4 is 11.5 Å². The Hall–Kier alpha value is -2.24. The van der Waals surface area contributed by atoms with Crippen LogP contribution in [0.3, 0.4) is 0 Å². The highest BCUT2D eigenvalue weighted by Crippen LogP contribution is 2.21. The van der Waals surface area contributed by atoms with E-state index in [0.29, 0.717) is 24.7 Å². The first-order chi connectivity index (χ1) is 9.61. The molecule has 0 aliphatic rings. The molecule has 6 heteroatoms. The second kappa shape index (κ2) is 6.27. The monoisotopic (exact) mass is 275 g/mol. The number of ether oxygens (including phenoxy) is 1. The predicted octanol–water partition coefficient (Wildman–Crippen LogP) is 2.11. The van der Waals surface area contributed by atoms with E-state index in [1.54, 1.807) is 6.07 Å². The van der Waals surface area contributed by atoms with E-state index in [0.717, 1.165) is 23.5 Å². The van der Waals surface area contributed by atoms with Gasteiger partial charge in [-0.2, -0.15) is 10.1 Å². The molecule has 0 aromatic carbocycles. The molecule has 2 aromatic rings. The Bertz CT molecular complexity index is 579. The smallest absolute Gasteiger partial charge is 0.239 e. The van der Waals surface area contributed by atoms with Crippen LogP contribution in [-0.2, 0) is 13.6 Å². The van der Waals surface area contributed by atoms with E-state index in [1.807, 2.05) is 37.8 Å². The van der Waals surface area contributed by atoms with Gasteiger partial charge in [-0.25, -0.2) is 0 Å². The Morgan fingerprint density at radius 1 is 1.40 bits per heavy atom. The molecule has 0 unspecified atom stereocenters. The van der Waals surface area contributed by atoms with Gasteiger partial charge in [0.25, 0.3) is 0 Å². The first-order valence-electron chi connectivity index (χ1n) is 6.72. The van der Waals surface area contributed by atoms with E-state index in [-0.39, 0.29) is 0 Å². The summed E-state index contributed by atoms with van der Waals surface area (Å²) in [6.07, 6.45) is 2.78. The summed E-state index contributed by atoms with van der Waals surface area (Å²) in [6.45, 7) is 5.37. The standard InChI is InChI=1S/C14H21N5O/c1-4-7-20-14-12(15)5-6-13(18-14)16-8-11-9-17-19(3)10(11)2/h5-6,9H,4,7-8,15H2,1-3H3,(H,16,18). The molecule has 0 spiro atoms. The van der Waals surface area contributed by atoms with Crippen molar-refractivity contribution in [2.45, 2.75) is 26.8 Å². The van der Waals surface area contributed by atoms with E-state index >= 15 is 0 Å². The van der Waals surface area contributed by atoms with Gasteiger partial charge in [-0.1, -0.05) is 6.92 Å². The average Bonchev–Trinajstić information content (AvgIpc) is 2.76. The summed E-state index contributed by atoms with van der Waals surface area (Å²) in [5.41, 5.74) is 8.67. The van der Waals surface area contributed by atoms with Crippen molar-refractivity contribution in [3.8, 4) is 5.88 Å². The van der Waals surface area contributed by atoms with Gasteiger partial charge in [0.05, 0.1) is 18.5 Å². The number of pyridine rings is 1. The van der Waals surface area contributed by atoms with Crippen LogP contribution in [0.4, 0.5) is 11.5 Å². The average molecular weight is 275 g/mol. The van der Waals surface area contributed by atoms with Crippen LogP contribution < -0.4 is 15.8 Å². The fourth-order valence-electron chi connectivity index (χ4n) is 1.77. The molecule has 6 nitrogen and oxygen atoms in total. The lowest BCUT2D eigenvalue weighted by Gasteiger charge is -2.10. The summed E-state index contributed by atoms with van der Waals surface area (Å²) in [4.78, 5) is 4.38. The topological polar surface area (TPSA) is 78.0 Å². The molecular weight excluding hydrogens is 254 g/mol. The molecule has 0 saturated heterocycles. The van der Waals surface area contributed by atoms with Gasteiger partial charge < -0.3 is 15.8 Å². The predicted molar refractivity (Wildman–Crippen MR) is 79.7 cm³/mol. The summed E-state index contributed by atoms with van der Waals surface area (Å²) in [5, 5.41) is 7.47. The summed E-state index contributed by atoms with van der Waals surface area (Å²) >= 11 is 0. The quantitative estimate of drug-likeness (QED) is 0.844. The van der Waals surface area contributed by atoms with E-state index < -0.39 is 0 Å². The van der Waals surface area contributed by atoms with Crippen LogP contribution >= 0.6 is 0 Å². The molecule has 0 fully saturated rings. The highest BCUT2D eigenvalue weighted by atomic mass is 16.5. The Labute approximate surface area is 119 Å². The van der Waals surface area contributed by atoms with Crippen LogP contribution in [0.2, 0.25) is 0 Å². The van der Waals surface area contributed by atoms with Crippen LogP contribution in [0, 0.1) is 6.92 Å². The van der Waals surface area contributed by atoms with Crippen molar-refractivity contribution in [3.05, 3.63) is 29.6 Å². The van der Waals surface area contributed by atoms with E-state index in [4.69, 9.17) is 10.5 Å². The Kier molecular flexibility index (Phi) is 4.45. The van der Waals surface area contributed by atoms with Crippen LogP contribution in [0.1, 0.15) is 24.6 Å². The molecule has 0 bridgehead atoms. The fourth-order valence-corrected chi connectivity index (χ4v) is 1.77. The van der Waals surface area contributed by atoms with Crippen molar-refractivity contribution < 1.29 is 4.74 Å². The maximum atomic E-state index is 5.84. The molecule has 0 atom stereocenters. The maximum absolute atomic E-state index is 5.84. The van der Waals surface area contributed by atoms with Gasteiger partial charge in [0.2, 0.25) is 5.88 Å². The van der Waals surface area contributed by atoms with Crippen LogP contribution in [0.5, 0.6) is 5.88 Å². The molecule has 2 heterocycles. The van der Waals surface area contributed by atoms with Gasteiger partial charge in [0.15, 0.2) is 0 Å². The zero-order valence-electron chi connectivity index (χ0n) is 12.2. The van der Waals surface area contributed by atoms with Crippen molar-refractivity contribution in [2.75, 3.05) is 17.7 Å². The Morgan fingerprint density at radius 3 is 2.85 bits per heavy atom. The van der Waals surface area contributed by atoms with Gasteiger partial charge in [0.1, 0.15) is 5.82 Å². The van der Waals surface area contributed by atoms with E-state index in [9.17, 15) is 0 Å². The number of anilines is 2. The summed E-state index contributed by atoms with van der Waals surface area (Å²) < 4.78 is 7.36. The molecule has 0 amide bonds. The second-order valence-electron chi connectivity index (χ2n) is 4.67. The van der Waals surface area contributed by atoms with E-state index in [2.05, 4.69) is 15.4 Å². The summed E-state index contributed by atoms with van der Waals surface area (Å²) in [6, 6.07) is 3.65. The third-order valence-corrected chi connectivity index (χ3v) is 3.13. The number of nitrogens with two attached hydrogens (primary N) is 1. The SMILES string of the molecule is CCCOc1nc(NCc2cnn(C)c2C)ccc1N. The first kappa shape index (κ1) is 14.2. The van der Waals surface area contributed by atoms with Crippen LogP contribution in [0.25, 0.3) is 0 Å². The van der Waals surface area contributed by atoms with Gasteiger partial charge in [-0.3, -0.25) is 4.68 Å². The van der Waals surface area contributed by atoms with Gasteiger partial charge >= 0.3 is 0 Å². The molecule has 20 heavy (non-hydrogen) atoms. The minimum atomic E-state index is 0.486. The van der Waals surface area contributed by atoms with Crippen molar-refractivity contribution in [2.24, 2.45) is 7.05 Å². The minimum absolute atomic E-state index is 0.486. The Balaban J connectivity index is 2.04. The lowest BCUT2D eigenvalue weighted by molar-refractivity contribution is 0.307. The fraction of sp³-hybridized carbons (Fsp3) is 0.429. The third-order valence-electron chi connectivity index (χ3n) is 3.13. The molecule has 0 aliphatic carbocycles. The highest BCUT2D eigenvalue weighted by molar-refractivity contribution is 5.53. The molecule has 3 N–H and O–H groups in total. The van der Waals surface area contributed by atoms with Crippen molar-refractivity contribution in [3.63, 3.8) is 0 Å². The largest absolute Gasteiger partial charge is 0.476 e. The summed E-state index contributed by atoms with van der Waals surface area (Å²) in [7, 11) is 1.93. The summed E-state index contributed by atoms with van der Waals surface area (Å²) in [5.74, 6) is 1.23. The zero-order chi connectivity index (χ0) is 14.5. The Morgan fingerprint density at radius 2 is 2.20 bits per heavy atom. The molecule has 2 rings (SSSR count). The van der Waals surface area contributed by atoms with Crippen molar-refractivity contribution in [1.29, 1.82) is 0 Å². The molecule has 0 saturated carbocycles. The molecule has 2 aromatic heterocycles. The molecule has 0 radical (unpaired) electrons. The van der Waals surface area contributed by atoms with Crippen LogP contribution in [0.15, 0.2) is 18.3 Å². The lowest BCUT2D eigenvalue weighted by Crippen LogP contribution is -2.06. The molecule has 108 valence electrons. The van der Waals surface area contributed by atoms with Gasteiger partial charge in [0, 0.05) is 24.8 Å². The highest BCUT2D eigenvalue weighted by Gasteiger charge is 2.06. The van der Waals surface area contributed by atoms with Gasteiger partial charge in [-0.05, 0) is 25.5 Å². The van der Waals surface area contributed by atoms with Crippen molar-refractivity contribution in [1.82, 2.24) is 14.8 Å². The molecule has 0 aliphatic heterocycles. The van der Waals surface area contributed by atoms with Crippen LogP contribution in [-0.4, -0.2) is 21.4 Å². The lowest BCUT2D eigenvalue weighted by atomic mass is 10.2. The number of aromatic nitrogens is 3.